The van der Waals surface area contributed by atoms with Gasteiger partial charge in [0, 0.05) is 26.2 Å². The van der Waals surface area contributed by atoms with Gasteiger partial charge in [-0.2, -0.15) is 5.26 Å². The maximum absolute atomic E-state index is 13.2. The lowest BCUT2D eigenvalue weighted by molar-refractivity contribution is -0.163. The van der Waals surface area contributed by atoms with Crippen molar-refractivity contribution in [3.8, 4) is 6.07 Å². The zero-order valence-corrected chi connectivity index (χ0v) is 25.3. The Kier molecular flexibility index (Phi) is 13.6. The van der Waals surface area contributed by atoms with Crippen molar-refractivity contribution < 1.29 is 38.5 Å². The van der Waals surface area contributed by atoms with Crippen LogP contribution in [0.3, 0.4) is 0 Å². The van der Waals surface area contributed by atoms with Crippen LogP contribution in [0.1, 0.15) is 92.9 Å². The van der Waals surface area contributed by atoms with E-state index in [0.29, 0.717) is 18.4 Å². The van der Waals surface area contributed by atoms with Crippen LogP contribution in [0.25, 0.3) is 0 Å². The molecule has 0 radical (unpaired) electrons. The summed E-state index contributed by atoms with van der Waals surface area (Å²) < 4.78 is 17.1. The number of ether oxygens (including phenoxy) is 3. The number of allylic oxidation sites excluding steroid dienone is 2. The number of carboxylic acids is 1. The minimum Gasteiger partial charge on any atom is -0.481 e. The summed E-state index contributed by atoms with van der Waals surface area (Å²) in [7, 11) is 0. The molecule has 0 aromatic carbocycles. The summed E-state index contributed by atoms with van der Waals surface area (Å²) in [5, 5.41) is 19.7. The Morgan fingerprint density at radius 3 is 2.20 bits per heavy atom. The van der Waals surface area contributed by atoms with E-state index < -0.39 is 48.1 Å². The molecule has 0 aromatic heterocycles. The lowest BCUT2D eigenvalue weighted by Crippen LogP contribution is -2.35. The van der Waals surface area contributed by atoms with E-state index in [4.69, 9.17) is 14.2 Å². The van der Waals surface area contributed by atoms with Gasteiger partial charge < -0.3 is 19.3 Å². The lowest BCUT2D eigenvalue weighted by atomic mass is 9.82. The van der Waals surface area contributed by atoms with E-state index in [1.807, 2.05) is 13.8 Å². The van der Waals surface area contributed by atoms with Crippen LogP contribution in [-0.4, -0.2) is 47.3 Å². The highest BCUT2D eigenvalue weighted by atomic mass is 16.6. The number of carbonyl (C=O) groups excluding carboxylic acids is 3. The molecule has 9 heteroatoms. The van der Waals surface area contributed by atoms with Crippen LogP contribution in [-0.2, 0) is 33.4 Å². The third-order valence-electron chi connectivity index (χ3n) is 8.35. The molecule has 2 rings (SSSR count). The highest BCUT2D eigenvalue weighted by Crippen LogP contribution is 2.37. The molecule has 0 bridgehead atoms. The minimum atomic E-state index is -0.911. The highest BCUT2D eigenvalue weighted by molar-refractivity contribution is 5.73. The van der Waals surface area contributed by atoms with Gasteiger partial charge in [0.25, 0.3) is 0 Å². The standard InChI is InChI=1S/C32H47NO8/c1-19-14-20(2)16-22(4)31(40-24(6)35)25(18-33)10-7-8-13-28(26-11-9-12-27(26)32(37)38)41-30(36)17-29(21(3)15-19)39-23(5)34/h7-8,10,19-22,26-29,31H,9,11-17H2,1-6H3,(H,37,38)/b8-7+,25-10-/t19-,20+,21-,22-,26+,27+,28-,29-,31+/m0/s1. The summed E-state index contributed by atoms with van der Waals surface area (Å²) in [6.45, 7) is 10.8. The maximum atomic E-state index is 13.2. The average molecular weight is 574 g/mol. The molecule has 1 aliphatic heterocycles. The number of esters is 3. The largest absolute Gasteiger partial charge is 0.481 e. The molecule has 9 atom stereocenters. The summed E-state index contributed by atoms with van der Waals surface area (Å²) in [5.74, 6) is -3.04. The molecule has 1 saturated carbocycles. The molecule has 0 amide bonds. The monoisotopic (exact) mass is 573 g/mol. The van der Waals surface area contributed by atoms with Crippen LogP contribution in [0.5, 0.6) is 0 Å². The number of nitriles is 1. The Morgan fingerprint density at radius 1 is 0.976 bits per heavy atom. The first kappa shape index (κ1) is 34.1. The number of hydrogen-bond acceptors (Lipinski definition) is 8. The van der Waals surface area contributed by atoms with Gasteiger partial charge in [-0.15, -0.1) is 0 Å². The summed E-state index contributed by atoms with van der Waals surface area (Å²) in [6.07, 6.45) is 7.33. The second-order valence-corrected chi connectivity index (χ2v) is 12.2. The van der Waals surface area contributed by atoms with E-state index in [1.54, 1.807) is 18.2 Å². The molecular formula is C32H47NO8. The number of aliphatic carboxylic acids is 1. The van der Waals surface area contributed by atoms with Crippen molar-refractivity contribution in [1.29, 1.82) is 5.26 Å². The molecule has 2 aliphatic rings. The van der Waals surface area contributed by atoms with Crippen molar-refractivity contribution in [3.63, 3.8) is 0 Å². The van der Waals surface area contributed by atoms with Gasteiger partial charge in [0.05, 0.1) is 24.0 Å². The highest BCUT2D eigenvalue weighted by Gasteiger charge is 2.40. The smallest absolute Gasteiger partial charge is 0.309 e. The predicted molar refractivity (Wildman–Crippen MR) is 152 cm³/mol. The van der Waals surface area contributed by atoms with Gasteiger partial charge in [0.15, 0.2) is 0 Å². The second kappa shape index (κ2) is 16.3. The van der Waals surface area contributed by atoms with Gasteiger partial charge in [-0.05, 0) is 61.9 Å². The fourth-order valence-electron chi connectivity index (χ4n) is 6.67. The third-order valence-corrected chi connectivity index (χ3v) is 8.35. The van der Waals surface area contributed by atoms with Crippen molar-refractivity contribution >= 4 is 23.9 Å². The first-order chi connectivity index (χ1) is 19.3. The van der Waals surface area contributed by atoms with Crippen LogP contribution < -0.4 is 0 Å². The van der Waals surface area contributed by atoms with Crippen molar-refractivity contribution in [3.05, 3.63) is 23.8 Å². The Hall–Kier alpha value is -3.15. The quantitative estimate of drug-likeness (QED) is 0.327. The molecule has 0 saturated heterocycles. The van der Waals surface area contributed by atoms with Gasteiger partial charge in [-0.25, -0.2) is 0 Å². The topological polar surface area (TPSA) is 140 Å². The number of carboxylic acid groups (broad SMARTS) is 1. The van der Waals surface area contributed by atoms with Crippen LogP contribution in [0, 0.1) is 46.8 Å². The van der Waals surface area contributed by atoms with Crippen LogP contribution >= 0.6 is 0 Å². The molecule has 41 heavy (non-hydrogen) atoms. The molecule has 1 N–H and O–H groups in total. The number of rotatable bonds is 4. The van der Waals surface area contributed by atoms with Crippen LogP contribution in [0.4, 0.5) is 0 Å². The van der Waals surface area contributed by atoms with Gasteiger partial charge >= 0.3 is 23.9 Å². The van der Waals surface area contributed by atoms with Gasteiger partial charge in [-0.1, -0.05) is 46.3 Å². The Balaban J connectivity index is 2.46. The van der Waals surface area contributed by atoms with Crippen molar-refractivity contribution in [2.75, 3.05) is 0 Å². The van der Waals surface area contributed by atoms with Crippen LogP contribution in [0.15, 0.2) is 23.8 Å². The third kappa shape index (κ3) is 11.0. The lowest BCUT2D eigenvalue weighted by Gasteiger charge is -2.30. The van der Waals surface area contributed by atoms with Gasteiger partial charge in [0.1, 0.15) is 18.3 Å². The Morgan fingerprint density at radius 2 is 1.61 bits per heavy atom. The van der Waals surface area contributed by atoms with Crippen molar-refractivity contribution in [2.24, 2.45) is 35.5 Å². The number of cyclic esters (lactones) is 1. The number of carbonyl (C=O) groups is 4. The van der Waals surface area contributed by atoms with Crippen LogP contribution in [0.2, 0.25) is 0 Å². The molecular weight excluding hydrogens is 526 g/mol. The molecule has 0 unspecified atom stereocenters. The summed E-state index contributed by atoms with van der Waals surface area (Å²) in [6, 6.07) is 2.18. The van der Waals surface area contributed by atoms with Gasteiger partial charge in [0.2, 0.25) is 0 Å². The second-order valence-electron chi connectivity index (χ2n) is 12.2. The zero-order valence-electron chi connectivity index (χ0n) is 25.3. The predicted octanol–water partition coefficient (Wildman–Crippen LogP) is 5.78. The van der Waals surface area contributed by atoms with E-state index in [0.717, 1.165) is 25.7 Å². The maximum Gasteiger partial charge on any atom is 0.309 e. The Labute approximate surface area is 244 Å². The fraction of sp³-hybridized carbons (Fsp3) is 0.719. The first-order valence-electron chi connectivity index (χ1n) is 14.9. The van der Waals surface area contributed by atoms with E-state index in [9.17, 15) is 29.5 Å². The molecule has 1 heterocycles. The fourth-order valence-corrected chi connectivity index (χ4v) is 6.67. The number of nitrogens with zero attached hydrogens (tertiary/aromatic N) is 1. The van der Waals surface area contributed by atoms with E-state index in [1.165, 1.54) is 13.8 Å². The van der Waals surface area contributed by atoms with E-state index >= 15 is 0 Å². The SMILES string of the molecule is CC(=O)O[C@H]1CC(=O)O[C@H]([C@@H]2CCC[C@H]2C(=O)O)C/C=C/C=C(/C#N)[C@H](OC(C)=O)[C@@H](C)C[C@H](C)C[C@H](C)C[C@@H]1C. The molecule has 228 valence electrons. The van der Waals surface area contributed by atoms with Gasteiger partial charge in [-0.3, -0.25) is 19.2 Å². The zero-order chi connectivity index (χ0) is 30.7. The van der Waals surface area contributed by atoms with E-state index in [-0.39, 0.29) is 42.4 Å². The first-order valence-corrected chi connectivity index (χ1v) is 14.9. The minimum absolute atomic E-state index is 0.103. The van der Waals surface area contributed by atoms with Crippen molar-refractivity contribution in [1.82, 2.24) is 0 Å². The molecule has 1 aliphatic carbocycles. The van der Waals surface area contributed by atoms with E-state index in [2.05, 4.69) is 19.9 Å². The molecule has 0 spiro atoms. The average Bonchev–Trinajstić information content (AvgIpc) is 3.35. The summed E-state index contributed by atoms with van der Waals surface area (Å²) >= 11 is 0. The normalized spacial score (nSPS) is 36.3. The molecule has 1 fully saturated rings. The Bertz CT molecular complexity index is 1030. The van der Waals surface area contributed by atoms with Crippen molar-refractivity contribution in [2.45, 2.75) is 111 Å². The molecule has 0 aromatic rings. The number of hydrogen-bond donors (Lipinski definition) is 1. The summed E-state index contributed by atoms with van der Waals surface area (Å²) in [4.78, 5) is 48.9. The summed E-state index contributed by atoms with van der Waals surface area (Å²) in [5.41, 5.74) is 0.320. The molecule has 9 nitrogen and oxygen atoms in total.